The Morgan fingerprint density at radius 2 is 2.00 bits per heavy atom. The number of methoxy groups -OCH3 is 1. The molecule has 0 radical (unpaired) electrons. The number of hydrogen-bond donors (Lipinski definition) is 1. The van der Waals surface area contributed by atoms with Crippen LogP contribution in [-0.4, -0.2) is 52.7 Å². The van der Waals surface area contributed by atoms with E-state index < -0.39 is 0 Å². The molecule has 1 rings (SSSR count). The molecule has 4 nitrogen and oxygen atoms in total. The molecule has 4 heteroatoms. The number of nitrogens with one attached hydrogen (secondary N) is 1. The predicted octanol–water partition coefficient (Wildman–Crippen LogP) is 1.20. The average molecular weight is 231 g/mol. The summed E-state index contributed by atoms with van der Waals surface area (Å²) in [5.41, 5.74) is 0. The highest BCUT2D eigenvalue weighted by molar-refractivity contribution is 4.79. The molecule has 0 heterocycles. The molecule has 16 heavy (non-hydrogen) atoms. The van der Waals surface area contributed by atoms with Gasteiger partial charge in [-0.2, -0.15) is 0 Å². The minimum absolute atomic E-state index is 0.455. The van der Waals surface area contributed by atoms with Gasteiger partial charge in [0.05, 0.1) is 19.3 Å². The minimum Gasteiger partial charge on any atom is -0.382 e. The zero-order chi connectivity index (χ0) is 11.6. The van der Waals surface area contributed by atoms with Gasteiger partial charge < -0.3 is 19.5 Å². The number of rotatable bonds is 9. The third-order valence-electron chi connectivity index (χ3n) is 3.01. The number of ether oxygens (including phenoxy) is 3. The lowest BCUT2D eigenvalue weighted by Gasteiger charge is -2.12. The van der Waals surface area contributed by atoms with E-state index >= 15 is 0 Å². The van der Waals surface area contributed by atoms with Crippen molar-refractivity contribution in [2.24, 2.45) is 0 Å². The van der Waals surface area contributed by atoms with Gasteiger partial charge in [0.1, 0.15) is 0 Å². The Morgan fingerprint density at radius 3 is 2.69 bits per heavy atom. The molecular weight excluding hydrogens is 206 g/mol. The Morgan fingerprint density at radius 1 is 1.12 bits per heavy atom. The van der Waals surface area contributed by atoms with Crippen molar-refractivity contribution in [3.05, 3.63) is 0 Å². The van der Waals surface area contributed by atoms with Crippen LogP contribution < -0.4 is 5.32 Å². The van der Waals surface area contributed by atoms with Crippen LogP contribution in [0.15, 0.2) is 0 Å². The van der Waals surface area contributed by atoms with E-state index in [0.717, 1.165) is 26.1 Å². The van der Waals surface area contributed by atoms with Gasteiger partial charge in [-0.25, -0.2) is 0 Å². The zero-order valence-corrected chi connectivity index (χ0v) is 10.5. The molecule has 0 aromatic heterocycles. The third kappa shape index (κ3) is 5.80. The fourth-order valence-electron chi connectivity index (χ4n) is 2.01. The molecule has 2 atom stereocenters. The molecule has 1 aliphatic carbocycles. The van der Waals surface area contributed by atoms with Crippen LogP contribution in [0.4, 0.5) is 0 Å². The molecule has 0 amide bonds. The fraction of sp³-hybridized carbons (Fsp3) is 1.00. The second-order valence-electron chi connectivity index (χ2n) is 4.25. The molecule has 1 saturated carbocycles. The van der Waals surface area contributed by atoms with Crippen molar-refractivity contribution in [1.29, 1.82) is 0 Å². The molecule has 0 saturated heterocycles. The van der Waals surface area contributed by atoms with Gasteiger partial charge in [-0.15, -0.1) is 0 Å². The maximum absolute atomic E-state index is 5.79. The normalized spacial score (nSPS) is 25.1. The van der Waals surface area contributed by atoms with Crippen molar-refractivity contribution in [2.45, 2.75) is 37.8 Å². The van der Waals surface area contributed by atoms with E-state index in [4.69, 9.17) is 14.2 Å². The summed E-state index contributed by atoms with van der Waals surface area (Å²) < 4.78 is 16.0. The topological polar surface area (TPSA) is 39.7 Å². The summed E-state index contributed by atoms with van der Waals surface area (Å²) >= 11 is 0. The van der Waals surface area contributed by atoms with Crippen LogP contribution in [0.25, 0.3) is 0 Å². The Balaban J connectivity index is 1.84. The van der Waals surface area contributed by atoms with Gasteiger partial charge in [0.15, 0.2) is 0 Å². The second kappa shape index (κ2) is 8.93. The maximum atomic E-state index is 5.79. The molecule has 0 aliphatic heterocycles. The van der Waals surface area contributed by atoms with Crippen molar-refractivity contribution < 1.29 is 14.2 Å². The van der Waals surface area contributed by atoms with E-state index in [2.05, 4.69) is 5.32 Å². The Kier molecular flexibility index (Phi) is 7.76. The molecule has 0 aromatic rings. The highest BCUT2D eigenvalue weighted by atomic mass is 16.5. The molecule has 0 spiro atoms. The van der Waals surface area contributed by atoms with Crippen LogP contribution in [-0.2, 0) is 14.2 Å². The quantitative estimate of drug-likeness (QED) is 0.605. The Hall–Kier alpha value is -0.160. The summed E-state index contributed by atoms with van der Waals surface area (Å²) in [6.07, 6.45) is 5.02. The lowest BCUT2D eigenvalue weighted by molar-refractivity contribution is 0.0256. The van der Waals surface area contributed by atoms with Crippen LogP contribution in [0.5, 0.6) is 0 Å². The van der Waals surface area contributed by atoms with Crippen LogP contribution in [0.2, 0.25) is 0 Å². The lowest BCUT2D eigenvalue weighted by Crippen LogP contribution is -2.23. The molecule has 0 aromatic carbocycles. The highest BCUT2D eigenvalue weighted by Gasteiger charge is 2.23. The van der Waals surface area contributed by atoms with Gasteiger partial charge in [-0.3, -0.25) is 0 Å². The first-order valence-corrected chi connectivity index (χ1v) is 6.22. The van der Waals surface area contributed by atoms with Crippen LogP contribution in [0, 0.1) is 0 Å². The van der Waals surface area contributed by atoms with E-state index in [1.807, 2.05) is 7.05 Å². The number of hydrogen-bond acceptors (Lipinski definition) is 4. The van der Waals surface area contributed by atoms with E-state index in [-0.39, 0.29) is 0 Å². The van der Waals surface area contributed by atoms with E-state index in [1.165, 1.54) is 12.8 Å². The summed E-state index contributed by atoms with van der Waals surface area (Å²) in [4.78, 5) is 0. The molecule has 96 valence electrons. The summed E-state index contributed by atoms with van der Waals surface area (Å²) in [7, 11) is 3.71. The van der Waals surface area contributed by atoms with Crippen LogP contribution >= 0.6 is 0 Å². The van der Waals surface area contributed by atoms with Gasteiger partial charge in [0, 0.05) is 26.4 Å². The molecule has 1 fully saturated rings. The van der Waals surface area contributed by atoms with Crippen molar-refractivity contribution in [1.82, 2.24) is 5.32 Å². The predicted molar refractivity (Wildman–Crippen MR) is 63.8 cm³/mol. The van der Waals surface area contributed by atoms with Gasteiger partial charge in [0.2, 0.25) is 0 Å². The molecule has 2 unspecified atom stereocenters. The Labute approximate surface area is 98.6 Å². The molecule has 1 N–H and O–H groups in total. The van der Waals surface area contributed by atoms with E-state index in [1.54, 1.807) is 7.11 Å². The Bertz CT molecular complexity index is 166. The summed E-state index contributed by atoms with van der Waals surface area (Å²) in [6, 6.07) is 0.656. The van der Waals surface area contributed by atoms with Crippen molar-refractivity contribution in [2.75, 3.05) is 40.6 Å². The summed E-state index contributed by atoms with van der Waals surface area (Å²) in [5, 5.41) is 3.30. The zero-order valence-electron chi connectivity index (χ0n) is 10.5. The van der Waals surface area contributed by atoms with Gasteiger partial charge in [-0.05, 0) is 32.7 Å². The fourth-order valence-corrected chi connectivity index (χ4v) is 2.01. The van der Waals surface area contributed by atoms with E-state index in [9.17, 15) is 0 Å². The van der Waals surface area contributed by atoms with Gasteiger partial charge in [-0.1, -0.05) is 0 Å². The first kappa shape index (κ1) is 13.9. The first-order chi connectivity index (χ1) is 7.86. The van der Waals surface area contributed by atoms with Crippen molar-refractivity contribution in [3.63, 3.8) is 0 Å². The van der Waals surface area contributed by atoms with Crippen LogP contribution in [0.3, 0.4) is 0 Å². The SMILES string of the molecule is CNC1CCC(OCCCOCCOC)C1. The largest absolute Gasteiger partial charge is 0.382 e. The molecule has 1 aliphatic rings. The van der Waals surface area contributed by atoms with E-state index in [0.29, 0.717) is 25.4 Å². The summed E-state index contributed by atoms with van der Waals surface area (Å²) in [5.74, 6) is 0. The minimum atomic E-state index is 0.455. The maximum Gasteiger partial charge on any atom is 0.0700 e. The smallest absolute Gasteiger partial charge is 0.0700 e. The van der Waals surface area contributed by atoms with Gasteiger partial charge >= 0.3 is 0 Å². The van der Waals surface area contributed by atoms with Gasteiger partial charge in [0.25, 0.3) is 0 Å². The average Bonchev–Trinajstić information content (AvgIpc) is 2.76. The third-order valence-corrected chi connectivity index (χ3v) is 3.01. The summed E-state index contributed by atoms with van der Waals surface area (Å²) in [6.45, 7) is 2.94. The van der Waals surface area contributed by atoms with Crippen LogP contribution in [0.1, 0.15) is 25.7 Å². The molecule has 0 bridgehead atoms. The second-order valence-corrected chi connectivity index (χ2v) is 4.25. The van der Waals surface area contributed by atoms with Crippen molar-refractivity contribution in [3.8, 4) is 0 Å². The first-order valence-electron chi connectivity index (χ1n) is 6.22. The molecular formula is C12H25NO3. The lowest BCUT2D eigenvalue weighted by atomic mass is 10.2. The standard InChI is InChI=1S/C12H25NO3/c1-13-11-4-5-12(10-11)16-7-3-6-15-9-8-14-2/h11-13H,3-10H2,1-2H3. The monoisotopic (exact) mass is 231 g/mol. The van der Waals surface area contributed by atoms with Crippen molar-refractivity contribution >= 4 is 0 Å². The highest BCUT2D eigenvalue weighted by Crippen LogP contribution is 2.21.